The fourth-order valence-electron chi connectivity index (χ4n) is 2.79. The fraction of sp³-hybridized carbons (Fsp3) is 0.692. The Hall–Kier alpha value is -1.15. The Bertz CT molecular complexity index is 552. The molecule has 116 valence electrons. The molecule has 0 unspecified atom stereocenters. The van der Waals surface area contributed by atoms with E-state index >= 15 is 0 Å². The molecule has 8 heteroatoms. The Morgan fingerprint density at radius 1 is 1.33 bits per heavy atom. The number of halogens is 1. The number of aliphatic hydroxyl groups is 1. The summed E-state index contributed by atoms with van der Waals surface area (Å²) < 4.78 is 1.20. The van der Waals surface area contributed by atoms with Crippen LogP contribution >= 0.6 is 11.6 Å². The first-order valence-electron chi connectivity index (χ1n) is 7.27. The molecule has 3 heterocycles. The van der Waals surface area contributed by atoms with Crippen molar-refractivity contribution in [2.75, 3.05) is 50.8 Å². The summed E-state index contributed by atoms with van der Waals surface area (Å²) in [5.74, 6) is 0. The predicted molar refractivity (Wildman–Crippen MR) is 81.0 cm³/mol. The van der Waals surface area contributed by atoms with E-state index in [0.29, 0.717) is 11.7 Å². The quantitative estimate of drug-likeness (QED) is 0.741. The van der Waals surface area contributed by atoms with Gasteiger partial charge in [-0.15, -0.1) is 0 Å². The number of hydrogen-bond acceptors (Lipinski definition) is 6. The highest BCUT2D eigenvalue weighted by molar-refractivity contribution is 6.33. The Morgan fingerprint density at radius 2 is 2.05 bits per heavy atom. The van der Waals surface area contributed by atoms with Gasteiger partial charge in [0.15, 0.2) is 0 Å². The van der Waals surface area contributed by atoms with Crippen molar-refractivity contribution in [1.29, 1.82) is 0 Å². The number of piperazine rings is 1. The van der Waals surface area contributed by atoms with Gasteiger partial charge in [-0.2, -0.15) is 5.10 Å². The van der Waals surface area contributed by atoms with Crippen LogP contribution in [0.4, 0.5) is 5.69 Å². The lowest BCUT2D eigenvalue weighted by Gasteiger charge is -2.43. The van der Waals surface area contributed by atoms with Gasteiger partial charge < -0.3 is 15.3 Å². The van der Waals surface area contributed by atoms with Crippen LogP contribution in [0.2, 0.25) is 5.02 Å². The molecule has 0 saturated carbocycles. The normalized spacial score (nSPS) is 20.6. The molecule has 0 aliphatic carbocycles. The molecule has 1 aromatic rings. The summed E-state index contributed by atoms with van der Waals surface area (Å²) in [6.45, 7) is 5.82. The molecule has 0 spiro atoms. The van der Waals surface area contributed by atoms with E-state index in [9.17, 15) is 4.79 Å². The lowest BCUT2D eigenvalue weighted by molar-refractivity contribution is 0.138. The molecule has 21 heavy (non-hydrogen) atoms. The molecule has 1 aromatic heterocycles. The van der Waals surface area contributed by atoms with Crippen molar-refractivity contribution in [3.8, 4) is 0 Å². The Labute approximate surface area is 128 Å². The van der Waals surface area contributed by atoms with Crippen LogP contribution in [0.3, 0.4) is 0 Å². The molecule has 2 aliphatic rings. The fourth-order valence-corrected chi connectivity index (χ4v) is 3.06. The lowest BCUT2D eigenvalue weighted by Crippen LogP contribution is -2.61. The molecule has 2 N–H and O–H groups in total. The third kappa shape index (κ3) is 2.91. The third-order valence-electron chi connectivity index (χ3n) is 4.21. The molecule has 0 amide bonds. The van der Waals surface area contributed by atoms with Crippen LogP contribution < -0.4 is 15.8 Å². The van der Waals surface area contributed by atoms with Gasteiger partial charge in [0.1, 0.15) is 5.02 Å². The Balaban J connectivity index is 1.70. The number of aromatic nitrogens is 2. The molecule has 2 saturated heterocycles. The van der Waals surface area contributed by atoms with Gasteiger partial charge >= 0.3 is 0 Å². The standard InChI is InChI=1S/C13H20ClN5O2/c14-12-11(9-16-19(5-6-20)13(12)21)18-3-1-17(2-4-18)10-7-15-8-10/h9-10,15,20H,1-8H2. The van der Waals surface area contributed by atoms with Crippen LogP contribution in [0, 0.1) is 0 Å². The van der Waals surface area contributed by atoms with E-state index in [1.54, 1.807) is 6.20 Å². The molecule has 2 aliphatic heterocycles. The Morgan fingerprint density at radius 3 is 2.62 bits per heavy atom. The largest absolute Gasteiger partial charge is 0.394 e. The van der Waals surface area contributed by atoms with Gasteiger partial charge in [0, 0.05) is 45.3 Å². The van der Waals surface area contributed by atoms with Crippen LogP contribution in [0.5, 0.6) is 0 Å². The average Bonchev–Trinajstić information content (AvgIpc) is 2.44. The monoisotopic (exact) mass is 313 g/mol. The second kappa shape index (κ2) is 6.31. The minimum Gasteiger partial charge on any atom is -0.394 e. The van der Waals surface area contributed by atoms with Gasteiger partial charge in [0.25, 0.3) is 5.56 Å². The van der Waals surface area contributed by atoms with Crippen LogP contribution in [-0.2, 0) is 6.54 Å². The van der Waals surface area contributed by atoms with Crippen LogP contribution in [0.15, 0.2) is 11.0 Å². The zero-order chi connectivity index (χ0) is 14.8. The molecule has 3 rings (SSSR count). The predicted octanol–water partition coefficient (Wildman–Crippen LogP) is -1.02. The first kappa shape index (κ1) is 14.8. The lowest BCUT2D eigenvalue weighted by atomic mass is 10.1. The van der Waals surface area contributed by atoms with Crippen molar-refractivity contribution in [3.63, 3.8) is 0 Å². The van der Waals surface area contributed by atoms with E-state index in [1.807, 2.05) is 0 Å². The topological polar surface area (TPSA) is 73.6 Å². The maximum Gasteiger partial charge on any atom is 0.287 e. The van der Waals surface area contributed by atoms with Crippen molar-refractivity contribution < 1.29 is 5.11 Å². The van der Waals surface area contributed by atoms with Crippen LogP contribution in [-0.4, -0.2) is 71.7 Å². The minimum atomic E-state index is -0.339. The van der Waals surface area contributed by atoms with Gasteiger partial charge in [0.05, 0.1) is 25.0 Å². The smallest absolute Gasteiger partial charge is 0.287 e. The van der Waals surface area contributed by atoms with Crippen molar-refractivity contribution in [3.05, 3.63) is 21.6 Å². The molecule has 0 atom stereocenters. The molecule has 0 radical (unpaired) electrons. The van der Waals surface area contributed by atoms with E-state index in [4.69, 9.17) is 16.7 Å². The minimum absolute atomic E-state index is 0.128. The van der Waals surface area contributed by atoms with E-state index < -0.39 is 0 Å². The summed E-state index contributed by atoms with van der Waals surface area (Å²) in [6, 6.07) is 0.651. The van der Waals surface area contributed by atoms with E-state index in [2.05, 4.69) is 20.2 Å². The number of hydrogen-bond donors (Lipinski definition) is 2. The zero-order valence-corrected chi connectivity index (χ0v) is 12.6. The maximum atomic E-state index is 12.1. The van der Waals surface area contributed by atoms with Gasteiger partial charge in [-0.25, -0.2) is 4.68 Å². The van der Waals surface area contributed by atoms with Crippen molar-refractivity contribution in [2.45, 2.75) is 12.6 Å². The zero-order valence-electron chi connectivity index (χ0n) is 11.8. The summed E-state index contributed by atoms with van der Waals surface area (Å²) in [7, 11) is 0. The third-order valence-corrected chi connectivity index (χ3v) is 4.56. The number of nitrogens with one attached hydrogen (secondary N) is 1. The molecule has 0 aromatic carbocycles. The number of anilines is 1. The first-order valence-corrected chi connectivity index (χ1v) is 7.64. The molecule has 2 fully saturated rings. The second-order valence-corrected chi connectivity index (χ2v) is 5.81. The molecule has 7 nitrogen and oxygen atoms in total. The van der Waals surface area contributed by atoms with Gasteiger partial charge in [-0.3, -0.25) is 9.69 Å². The van der Waals surface area contributed by atoms with Gasteiger partial charge in [-0.05, 0) is 0 Å². The average molecular weight is 314 g/mol. The summed E-state index contributed by atoms with van der Waals surface area (Å²) in [5.41, 5.74) is 0.357. The number of rotatable bonds is 4. The van der Waals surface area contributed by atoms with Crippen molar-refractivity contribution in [2.24, 2.45) is 0 Å². The van der Waals surface area contributed by atoms with Crippen LogP contribution in [0.25, 0.3) is 0 Å². The van der Waals surface area contributed by atoms with E-state index in [-0.39, 0.29) is 23.7 Å². The van der Waals surface area contributed by atoms with Crippen LogP contribution in [0.1, 0.15) is 0 Å². The maximum absolute atomic E-state index is 12.1. The molecular weight excluding hydrogens is 294 g/mol. The van der Waals surface area contributed by atoms with Crippen molar-refractivity contribution >= 4 is 17.3 Å². The summed E-state index contributed by atoms with van der Waals surface area (Å²) in [4.78, 5) is 16.6. The number of nitrogens with zero attached hydrogens (tertiary/aromatic N) is 4. The highest BCUT2D eigenvalue weighted by Crippen LogP contribution is 2.23. The highest BCUT2D eigenvalue weighted by atomic mass is 35.5. The van der Waals surface area contributed by atoms with E-state index in [1.165, 1.54) is 4.68 Å². The van der Waals surface area contributed by atoms with E-state index in [0.717, 1.165) is 39.3 Å². The highest BCUT2D eigenvalue weighted by Gasteiger charge is 2.28. The van der Waals surface area contributed by atoms with Gasteiger partial charge in [-0.1, -0.05) is 11.6 Å². The first-order chi connectivity index (χ1) is 10.2. The Kier molecular flexibility index (Phi) is 4.44. The number of aliphatic hydroxyl groups excluding tert-OH is 1. The second-order valence-electron chi connectivity index (χ2n) is 5.43. The molecular formula is C13H20ClN5O2. The molecule has 0 bridgehead atoms. The van der Waals surface area contributed by atoms with Gasteiger partial charge in [0.2, 0.25) is 0 Å². The summed E-state index contributed by atoms with van der Waals surface area (Å²) >= 11 is 6.18. The summed E-state index contributed by atoms with van der Waals surface area (Å²) in [5, 5.41) is 16.5. The summed E-state index contributed by atoms with van der Waals surface area (Å²) in [6.07, 6.45) is 1.62. The SMILES string of the molecule is O=c1c(Cl)c(N2CCN(C3CNC3)CC2)cnn1CCO. The van der Waals surface area contributed by atoms with Crippen molar-refractivity contribution in [1.82, 2.24) is 20.0 Å².